The molecule has 1 heterocycles. The number of rotatable bonds is 6. The van der Waals surface area contributed by atoms with Crippen molar-refractivity contribution in [2.75, 3.05) is 7.11 Å². The van der Waals surface area contributed by atoms with Crippen molar-refractivity contribution in [2.24, 2.45) is 0 Å². The predicted molar refractivity (Wildman–Crippen MR) is 138 cm³/mol. The molecule has 0 N–H and O–H groups in total. The molecular weight excluding hydrogens is 442 g/mol. The van der Waals surface area contributed by atoms with E-state index in [4.69, 9.17) is 4.74 Å². The molecule has 5 heteroatoms. The Kier molecular flexibility index (Phi) is 5.56. The number of nitrogens with zero attached hydrogens (tertiary/aromatic N) is 1. The molecule has 5 rings (SSSR count). The minimum absolute atomic E-state index is 0.247. The second-order valence-corrected chi connectivity index (χ2v) is 9.75. The number of hydrogen-bond acceptors (Lipinski definition) is 3. The van der Waals surface area contributed by atoms with Gasteiger partial charge in [-0.15, -0.1) is 0 Å². The number of ether oxygens (including phenoxy) is 1. The molecule has 168 valence electrons. The van der Waals surface area contributed by atoms with Gasteiger partial charge in [0.2, 0.25) is 0 Å². The van der Waals surface area contributed by atoms with Crippen molar-refractivity contribution in [3.8, 4) is 17.0 Å². The van der Waals surface area contributed by atoms with Gasteiger partial charge >= 0.3 is 0 Å². The van der Waals surface area contributed by atoms with Gasteiger partial charge in [-0.05, 0) is 64.7 Å². The zero-order chi connectivity index (χ0) is 23.7. The standard InChI is InChI=1S/C29H23NO3S/c1-21(22-15-17-26(33-2)18-16-22)23-10-8-11-24(19-23)29-20-25-9-6-7-14-28(25)30(29)34(31,32)27-12-4-3-5-13-27/h3-20H,1H2,2H3. The number of aromatic nitrogens is 1. The fraction of sp³-hybridized carbons (Fsp3) is 0.0345. The van der Waals surface area contributed by atoms with Crippen LogP contribution in [0.15, 0.2) is 121 Å². The Balaban J connectivity index is 1.66. The Hall–Kier alpha value is -4.09. The quantitative estimate of drug-likeness (QED) is 0.283. The highest BCUT2D eigenvalue weighted by Gasteiger charge is 2.23. The van der Waals surface area contributed by atoms with Gasteiger partial charge < -0.3 is 4.74 Å². The second kappa shape index (κ2) is 8.69. The second-order valence-electron chi connectivity index (χ2n) is 7.96. The zero-order valence-electron chi connectivity index (χ0n) is 18.7. The minimum Gasteiger partial charge on any atom is -0.497 e. The molecule has 5 aromatic rings. The summed E-state index contributed by atoms with van der Waals surface area (Å²) < 4.78 is 34.2. The molecule has 0 saturated carbocycles. The molecule has 34 heavy (non-hydrogen) atoms. The highest BCUT2D eigenvalue weighted by atomic mass is 32.2. The third-order valence-corrected chi connectivity index (χ3v) is 7.64. The first-order chi connectivity index (χ1) is 16.5. The van der Waals surface area contributed by atoms with E-state index in [2.05, 4.69) is 6.58 Å². The SMILES string of the molecule is C=C(c1ccc(OC)cc1)c1cccc(-c2cc3ccccc3n2S(=O)(=O)c2ccccc2)c1. The van der Waals surface area contributed by atoms with Crippen LogP contribution in [0.25, 0.3) is 27.7 Å². The normalized spacial score (nSPS) is 11.4. The van der Waals surface area contributed by atoms with Gasteiger partial charge in [0.15, 0.2) is 0 Å². The van der Waals surface area contributed by atoms with Crippen LogP contribution in [0, 0.1) is 0 Å². The molecule has 0 fully saturated rings. The lowest BCUT2D eigenvalue weighted by atomic mass is 9.97. The molecule has 4 aromatic carbocycles. The summed E-state index contributed by atoms with van der Waals surface area (Å²) in [7, 11) is -2.18. The molecule has 0 aliphatic rings. The first-order valence-electron chi connectivity index (χ1n) is 10.8. The summed E-state index contributed by atoms with van der Waals surface area (Å²) in [6.07, 6.45) is 0. The van der Waals surface area contributed by atoms with Crippen molar-refractivity contribution < 1.29 is 13.2 Å². The molecule has 0 atom stereocenters. The molecule has 0 aliphatic heterocycles. The summed E-state index contributed by atoms with van der Waals surface area (Å²) in [5, 5.41) is 0.858. The molecule has 0 aliphatic carbocycles. The van der Waals surface area contributed by atoms with Crippen molar-refractivity contribution in [3.05, 3.63) is 127 Å². The van der Waals surface area contributed by atoms with Gasteiger partial charge in [0.25, 0.3) is 10.0 Å². The molecule has 0 radical (unpaired) electrons. The first-order valence-corrected chi connectivity index (χ1v) is 12.3. The lowest BCUT2D eigenvalue weighted by molar-refractivity contribution is 0.415. The van der Waals surface area contributed by atoms with Crippen molar-refractivity contribution in [2.45, 2.75) is 4.90 Å². The summed E-state index contributed by atoms with van der Waals surface area (Å²) in [4.78, 5) is 0.247. The average Bonchev–Trinajstić information content (AvgIpc) is 3.29. The maximum Gasteiger partial charge on any atom is 0.268 e. The van der Waals surface area contributed by atoms with Gasteiger partial charge in [-0.1, -0.05) is 73.3 Å². The zero-order valence-corrected chi connectivity index (χ0v) is 19.5. The van der Waals surface area contributed by atoms with Crippen molar-refractivity contribution in [1.82, 2.24) is 3.97 Å². The number of methoxy groups -OCH3 is 1. The Labute approximate surface area is 199 Å². The van der Waals surface area contributed by atoms with E-state index in [1.54, 1.807) is 31.4 Å². The summed E-state index contributed by atoms with van der Waals surface area (Å²) in [6, 6.07) is 33.5. The number of fused-ring (bicyclic) bond motifs is 1. The molecule has 0 saturated heterocycles. The molecule has 1 aromatic heterocycles. The van der Waals surface area contributed by atoms with Gasteiger partial charge in [-0.25, -0.2) is 12.4 Å². The summed E-state index contributed by atoms with van der Waals surface area (Å²) in [6.45, 7) is 4.28. The van der Waals surface area contributed by atoms with Crippen molar-refractivity contribution in [1.29, 1.82) is 0 Å². The highest BCUT2D eigenvalue weighted by Crippen LogP contribution is 2.34. The van der Waals surface area contributed by atoms with Gasteiger partial charge in [-0.2, -0.15) is 0 Å². The van der Waals surface area contributed by atoms with Crippen LogP contribution in [0.5, 0.6) is 5.75 Å². The fourth-order valence-electron chi connectivity index (χ4n) is 4.11. The Morgan fingerprint density at radius 2 is 1.47 bits per heavy atom. The molecule has 0 bridgehead atoms. The summed E-state index contributed by atoms with van der Waals surface area (Å²) in [5.41, 5.74) is 4.77. The van der Waals surface area contributed by atoms with Gasteiger partial charge in [0, 0.05) is 5.39 Å². The first kappa shape index (κ1) is 21.7. The minimum atomic E-state index is -3.81. The van der Waals surface area contributed by atoms with E-state index >= 15 is 0 Å². The molecular formula is C29H23NO3S. The smallest absolute Gasteiger partial charge is 0.268 e. The van der Waals surface area contributed by atoms with Crippen LogP contribution in [0.3, 0.4) is 0 Å². The lowest BCUT2D eigenvalue weighted by Gasteiger charge is -2.14. The lowest BCUT2D eigenvalue weighted by Crippen LogP contribution is -2.14. The average molecular weight is 466 g/mol. The van der Waals surface area contributed by atoms with Crippen molar-refractivity contribution >= 4 is 26.5 Å². The summed E-state index contributed by atoms with van der Waals surface area (Å²) in [5.74, 6) is 0.779. The highest BCUT2D eigenvalue weighted by molar-refractivity contribution is 7.90. The van der Waals surface area contributed by atoms with Crippen molar-refractivity contribution in [3.63, 3.8) is 0 Å². The van der Waals surface area contributed by atoms with E-state index in [0.29, 0.717) is 11.2 Å². The van der Waals surface area contributed by atoms with Crippen LogP contribution in [0.2, 0.25) is 0 Å². The third-order valence-electron chi connectivity index (χ3n) is 5.89. The van der Waals surface area contributed by atoms with Gasteiger partial charge in [0.05, 0.1) is 23.2 Å². The number of benzene rings is 4. The largest absolute Gasteiger partial charge is 0.497 e. The molecule has 4 nitrogen and oxygen atoms in total. The van der Waals surface area contributed by atoms with Crippen LogP contribution in [0.1, 0.15) is 11.1 Å². The van der Waals surface area contributed by atoms with Crippen LogP contribution in [-0.4, -0.2) is 19.5 Å². The summed E-state index contributed by atoms with van der Waals surface area (Å²) >= 11 is 0. The number of para-hydroxylation sites is 1. The van der Waals surface area contributed by atoms with E-state index in [0.717, 1.165) is 33.4 Å². The topological polar surface area (TPSA) is 48.3 Å². The van der Waals surface area contributed by atoms with E-state index in [1.807, 2.05) is 84.9 Å². The van der Waals surface area contributed by atoms with Gasteiger partial charge in [0.1, 0.15) is 5.75 Å². The monoisotopic (exact) mass is 465 g/mol. The van der Waals surface area contributed by atoms with E-state index in [1.165, 1.54) is 3.97 Å². The fourth-order valence-corrected chi connectivity index (χ4v) is 5.67. The van der Waals surface area contributed by atoms with E-state index in [9.17, 15) is 8.42 Å². The Morgan fingerprint density at radius 1 is 0.765 bits per heavy atom. The predicted octanol–water partition coefficient (Wildman–Crippen LogP) is 6.62. The van der Waals surface area contributed by atoms with Crippen LogP contribution < -0.4 is 4.74 Å². The van der Waals surface area contributed by atoms with Crippen LogP contribution >= 0.6 is 0 Å². The van der Waals surface area contributed by atoms with E-state index in [-0.39, 0.29) is 4.90 Å². The maximum atomic E-state index is 13.7. The van der Waals surface area contributed by atoms with Crippen LogP contribution in [0.4, 0.5) is 0 Å². The molecule has 0 unspecified atom stereocenters. The van der Waals surface area contributed by atoms with Gasteiger partial charge in [-0.3, -0.25) is 0 Å². The molecule has 0 amide bonds. The molecule has 0 spiro atoms. The Morgan fingerprint density at radius 3 is 2.21 bits per heavy atom. The maximum absolute atomic E-state index is 13.7. The third kappa shape index (κ3) is 3.80. The number of hydrogen-bond donors (Lipinski definition) is 0. The van der Waals surface area contributed by atoms with E-state index < -0.39 is 10.0 Å². The Bertz CT molecular complexity index is 1600. The van der Waals surface area contributed by atoms with Crippen LogP contribution in [-0.2, 0) is 10.0 Å².